The summed E-state index contributed by atoms with van der Waals surface area (Å²) in [6.45, 7) is 0.0116. The lowest BCUT2D eigenvalue weighted by Gasteiger charge is -2.33. The molecule has 1 fully saturated rings. The lowest BCUT2D eigenvalue weighted by atomic mass is 9.78. The number of aliphatic hydroxyl groups excluding tert-OH is 1. The topological polar surface area (TPSA) is 72.3 Å². The van der Waals surface area contributed by atoms with Crippen LogP contribution >= 0.6 is 0 Å². The van der Waals surface area contributed by atoms with Crippen LogP contribution in [-0.2, 0) is 0 Å². The summed E-state index contributed by atoms with van der Waals surface area (Å²) in [6.07, 6.45) is 3.65. The van der Waals surface area contributed by atoms with Crippen molar-refractivity contribution >= 4 is 0 Å². The highest BCUT2D eigenvalue weighted by atomic mass is 16.3. The van der Waals surface area contributed by atoms with Crippen molar-refractivity contribution in [2.75, 3.05) is 6.61 Å². The zero-order valence-corrected chi connectivity index (χ0v) is 6.16. The Kier molecular flexibility index (Phi) is 2.65. The van der Waals surface area contributed by atoms with E-state index < -0.39 is 0 Å². The molecule has 3 nitrogen and oxygen atoms in total. The summed E-state index contributed by atoms with van der Waals surface area (Å²) in [4.78, 5) is 0. The predicted molar refractivity (Wildman–Crippen MR) is 40.4 cm³/mol. The molecule has 1 aliphatic rings. The van der Waals surface area contributed by atoms with Gasteiger partial charge in [0, 0.05) is 12.1 Å². The van der Waals surface area contributed by atoms with Gasteiger partial charge in [0.15, 0.2) is 0 Å². The first kappa shape index (κ1) is 7.98. The van der Waals surface area contributed by atoms with Crippen molar-refractivity contribution in [1.29, 1.82) is 0 Å². The number of rotatable bonds is 3. The molecule has 1 aliphatic carbocycles. The smallest absolute Gasteiger partial charge is 0.0597 e. The predicted octanol–water partition coefficient (Wildman–Crippen LogP) is -0.567. The van der Waals surface area contributed by atoms with Gasteiger partial charge >= 0.3 is 0 Å². The summed E-state index contributed by atoms with van der Waals surface area (Å²) in [7, 11) is 0. The third kappa shape index (κ3) is 1.48. The average Bonchev–Trinajstić information content (AvgIpc) is 1.82. The Balaban J connectivity index is 2.24. The molecule has 1 saturated carbocycles. The Bertz CT molecular complexity index is 99.0. The van der Waals surface area contributed by atoms with Gasteiger partial charge in [-0.25, -0.2) is 0 Å². The van der Waals surface area contributed by atoms with Crippen molar-refractivity contribution in [3.63, 3.8) is 0 Å². The molecule has 10 heavy (non-hydrogen) atoms. The van der Waals surface area contributed by atoms with Crippen LogP contribution in [0.4, 0.5) is 0 Å². The van der Waals surface area contributed by atoms with Gasteiger partial charge in [0.25, 0.3) is 0 Å². The van der Waals surface area contributed by atoms with Crippen molar-refractivity contribution in [1.82, 2.24) is 0 Å². The van der Waals surface area contributed by atoms with Gasteiger partial charge in [-0.3, -0.25) is 0 Å². The molecule has 5 N–H and O–H groups in total. The molecule has 2 atom stereocenters. The molecule has 0 radical (unpaired) electrons. The fraction of sp³-hybridized carbons (Fsp3) is 1.00. The van der Waals surface area contributed by atoms with Gasteiger partial charge in [0.05, 0.1) is 6.61 Å². The van der Waals surface area contributed by atoms with Crippen LogP contribution in [0.5, 0.6) is 0 Å². The van der Waals surface area contributed by atoms with E-state index in [1.807, 2.05) is 0 Å². The summed E-state index contributed by atoms with van der Waals surface area (Å²) >= 11 is 0. The summed E-state index contributed by atoms with van der Waals surface area (Å²) in [5, 5.41) is 8.67. The minimum absolute atomic E-state index is 0.0116. The maximum atomic E-state index is 8.67. The molecule has 0 bridgehead atoms. The standard InChI is InChI=1S/C7H16N2O/c8-6(4-10)7(9)5-2-1-3-5/h5-7,10H,1-4,8-9H2. The van der Waals surface area contributed by atoms with Gasteiger partial charge in [0.1, 0.15) is 0 Å². The van der Waals surface area contributed by atoms with Crippen LogP contribution in [0.25, 0.3) is 0 Å². The maximum Gasteiger partial charge on any atom is 0.0597 e. The fourth-order valence-electron chi connectivity index (χ4n) is 1.30. The molecule has 0 aromatic carbocycles. The van der Waals surface area contributed by atoms with E-state index in [1.165, 1.54) is 19.3 Å². The number of hydrogen-bond donors (Lipinski definition) is 3. The van der Waals surface area contributed by atoms with E-state index in [-0.39, 0.29) is 18.7 Å². The largest absolute Gasteiger partial charge is 0.395 e. The molecular weight excluding hydrogens is 128 g/mol. The second-order valence-corrected chi connectivity index (χ2v) is 3.11. The summed E-state index contributed by atoms with van der Waals surface area (Å²) in [6, 6.07) is -0.205. The van der Waals surface area contributed by atoms with Gasteiger partial charge < -0.3 is 16.6 Å². The molecule has 0 aromatic heterocycles. The van der Waals surface area contributed by atoms with E-state index in [1.54, 1.807) is 0 Å². The van der Waals surface area contributed by atoms with E-state index in [4.69, 9.17) is 16.6 Å². The van der Waals surface area contributed by atoms with Crippen molar-refractivity contribution in [3.05, 3.63) is 0 Å². The molecule has 3 heteroatoms. The Morgan fingerprint density at radius 2 is 2.00 bits per heavy atom. The lowest BCUT2D eigenvalue weighted by molar-refractivity contribution is 0.184. The molecule has 0 heterocycles. The van der Waals surface area contributed by atoms with E-state index in [2.05, 4.69) is 0 Å². The Morgan fingerprint density at radius 3 is 2.30 bits per heavy atom. The molecule has 0 amide bonds. The van der Waals surface area contributed by atoms with E-state index in [9.17, 15) is 0 Å². The first-order valence-corrected chi connectivity index (χ1v) is 3.87. The third-order valence-electron chi connectivity index (χ3n) is 2.40. The first-order valence-electron chi connectivity index (χ1n) is 3.87. The van der Waals surface area contributed by atoms with Gasteiger partial charge in [-0.15, -0.1) is 0 Å². The van der Waals surface area contributed by atoms with Crippen LogP contribution < -0.4 is 11.5 Å². The minimum atomic E-state index is -0.217. The molecule has 0 aromatic rings. The van der Waals surface area contributed by atoms with Gasteiger partial charge in [-0.2, -0.15) is 0 Å². The quantitative estimate of drug-likeness (QED) is 0.497. The zero-order chi connectivity index (χ0) is 7.56. The number of nitrogens with two attached hydrogens (primary N) is 2. The number of hydrogen-bond acceptors (Lipinski definition) is 3. The Labute approximate surface area is 61.4 Å². The molecule has 2 unspecified atom stereocenters. The third-order valence-corrected chi connectivity index (χ3v) is 2.40. The molecule has 0 saturated heterocycles. The van der Waals surface area contributed by atoms with Crippen LogP contribution in [0.1, 0.15) is 19.3 Å². The highest BCUT2D eigenvalue weighted by Gasteiger charge is 2.27. The van der Waals surface area contributed by atoms with E-state index >= 15 is 0 Å². The first-order chi connectivity index (χ1) is 4.75. The van der Waals surface area contributed by atoms with Crippen LogP contribution in [0.3, 0.4) is 0 Å². The second kappa shape index (κ2) is 3.32. The number of aliphatic hydroxyl groups is 1. The maximum absolute atomic E-state index is 8.67. The van der Waals surface area contributed by atoms with E-state index in [0.717, 1.165) is 0 Å². The Hall–Kier alpha value is -0.120. The van der Waals surface area contributed by atoms with Gasteiger partial charge in [-0.05, 0) is 18.8 Å². The molecule has 60 valence electrons. The summed E-state index contributed by atoms with van der Waals surface area (Å²) < 4.78 is 0. The zero-order valence-electron chi connectivity index (χ0n) is 6.16. The summed E-state index contributed by atoms with van der Waals surface area (Å²) in [5.74, 6) is 0.571. The van der Waals surface area contributed by atoms with Crippen LogP contribution in [-0.4, -0.2) is 23.8 Å². The van der Waals surface area contributed by atoms with Crippen molar-refractivity contribution in [2.45, 2.75) is 31.3 Å². The van der Waals surface area contributed by atoms with Crippen molar-refractivity contribution in [3.8, 4) is 0 Å². The van der Waals surface area contributed by atoms with E-state index in [0.29, 0.717) is 5.92 Å². The van der Waals surface area contributed by atoms with Gasteiger partial charge in [0.2, 0.25) is 0 Å². The minimum Gasteiger partial charge on any atom is -0.395 e. The molecular formula is C7H16N2O. The van der Waals surface area contributed by atoms with Crippen LogP contribution in [0.15, 0.2) is 0 Å². The SMILES string of the molecule is NC(CO)C(N)C1CCC1. The van der Waals surface area contributed by atoms with Crippen LogP contribution in [0.2, 0.25) is 0 Å². The van der Waals surface area contributed by atoms with Gasteiger partial charge in [-0.1, -0.05) is 6.42 Å². The van der Waals surface area contributed by atoms with Crippen LogP contribution in [0, 0.1) is 5.92 Å². The van der Waals surface area contributed by atoms with Crippen molar-refractivity contribution < 1.29 is 5.11 Å². The average molecular weight is 144 g/mol. The molecule has 0 aliphatic heterocycles. The normalized spacial score (nSPS) is 25.5. The van der Waals surface area contributed by atoms with Crippen molar-refractivity contribution in [2.24, 2.45) is 17.4 Å². The Morgan fingerprint density at radius 1 is 1.40 bits per heavy atom. The monoisotopic (exact) mass is 144 g/mol. The molecule has 1 rings (SSSR count). The lowest BCUT2D eigenvalue weighted by Crippen LogP contribution is -2.50. The highest BCUT2D eigenvalue weighted by molar-refractivity contribution is 4.86. The second-order valence-electron chi connectivity index (χ2n) is 3.11. The highest BCUT2D eigenvalue weighted by Crippen LogP contribution is 2.29. The summed E-state index contributed by atoms with van der Waals surface area (Å²) in [5.41, 5.74) is 11.3. The fourth-order valence-corrected chi connectivity index (χ4v) is 1.30. The molecule has 0 spiro atoms.